The summed E-state index contributed by atoms with van der Waals surface area (Å²) in [5.41, 5.74) is 0.916. The van der Waals surface area contributed by atoms with Crippen molar-refractivity contribution in [3.05, 3.63) is 0 Å². The van der Waals surface area contributed by atoms with E-state index in [-0.39, 0.29) is 5.54 Å². The number of likely N-dealkylation sites (tertiary alicyclic amines) is 1. The fraction of sp³-hybridized carbons (Fsp3) is 1.00. The van der Waals surface area contributed by atoms with Gasteiger partial charge in [0, 0.05) is 17.6 Å². The van der Waals surface area contributed by atoms with E-state index in [9.17, 15) is 0 Å². The van der Waals surface area contributed by atoms with E-state index in [1.54, 1.807) is 38.5 Å². The third-order valence-corrected chi connectivity index (χ3v) is 6.88. The Morgan fingerprint density at radius 1 is 1.00 bits per heavy atom. The highest BCUT2D eigenvalue weighted by Gasteiger charge is 2.54. The summed E-state index contributed by atoms with van der Waals surface area (Å²) in [7, 11) is 0. The van der Waals surface area contributed by atoms with Crippen LogP contribution in [0.4, 0.5) is 0 Å². The molecule has 2 heteroatoms. The number of hydrogen-bond donors (Lipinski definition) is 1. The molecule has 0 aromatic rings. The average molecular weight is 290 g/mol. The first-order valence-electron chi connectivity index (χ1n) is 9.42. The van der Waals surface area contributed by atoms with Crippen LogP contribution in [0.5, 0.6) is 0 Å². The molecule has 0 amide bonds. The van der Waals surface area contributed by atoms with Crippen LogP contribution in [-0.4, -0.2) is 35.6 Å². The molecule has 5 aliphatic rings. The summed E-state index contributed by atoms with van der Waals surface area (Å²) in [5, 5.41) is 3.73. The molecule has 4 aliphatic carbocycles. The normalized spacial score (nSPS) is 46.4. The van der Waals surface area contributed by atoms with Crippen LogP contribution in [-0.2, 0) is 0 Å². The van der Waals surface area contributed by atoms with Gasteiger partial charge >= 0.3 is 0 Å². The lowest BCUT2D eigenvalue weighted by atomic mass is 9.52. The molecule has 5 rings (SSSR count). The maximum atomic E-state index is 3.73. The van der Waals surface area contributed by atoms with Gasteiger partial charge in [-0.1, -0.05) is 0 Å². The molecule has 4 saturated carbocycles. The molecule has 4 bridgehead atoms. The van der Waals surface area contributed by atoms with Crippen molar-refractivity contribution in [2.75, 3.05) is 19.6 Å². The van der Waals surface area contributed by atoms with Crippen LogP contribution >= 0.6 is 0 Å². The topological polar surface area (TPSA) is 15.3 Å². The largest absolute Gasteiger partial charge is 0.312 e. The monoisotopic (exact) mass is 290 g/mol. The van der Waals surface area contributed by atoms with Crippen molar-refractivity contribution >= 4 is 0 Å². The smallest absolute Gasteiger partial charge is 0.0217 e. The Hall–Kier alpha value is -0.0800. The van der Waals surface area contributed by atoms with Crippen molar-refractivity contribution in [1.29, 1.82) is 0 Å². The molecular weight excluding hydrogens is 256 g/mol. The summed E-state index contributed by atoms with van der Waals surface area (Å²) in [6.07, 6.45) is 10.8. The molecule has 1 unspecified atom stereocenters. The second-order valence-electron chi connectivity index (χ2n) is 9.87. The SMILES string of the molecule is CC(C)(C)NCC1CCN(C23CC4CC(CC(C4)C2)C3)C1. The fourth-order valence-electron chi connectivity index (χ4n) is 6.33. The highest BCUT2D eigenvalue weighted by atomic mass is 15.2. The maximum absolute atomic E-state index is 3.73. The van der Waals surface area contributed by atoms with Crippen molar-refractivity contribution < 1.29 is 0 Å². The standard InChI is InChI=1S/C19H34N2/c1-18(2,3)20-12-14-4-5-21(13-14)19-9-15-6-16(10-19)8-17(7-15)11-19/h14-17,20H,4-13H2,1-3H3. The van der Waals surface area contributed by atoms with Gasteiger partial charge in [-0.25, -0.2) is 0 Å². The third kappa shape index (κ3) is 2.79. The lowest BCUT2D eigenvalue weighted by Crippen LogP contribution is -2.59. The minimum absolute atomic E-state index is 0.272. The van der Waals surface area contributed by atoms with E-state index < -0.39 is 0 Å². The molecule has 21 heavy (non-hydrogen) atoms. The van der Waals surface area contributed by atoms with Crippen molar-refractivity contribution in [2.24, 2.45) is 23.7 Å². The van der Waals surface area contributed by atoms with Gasteiger partial charge in [0.05, 0.1) is 0 Å². The van der Waals surface area contributed by atoms with Gasteiger partial charge in [0.15, 0.2) is 0 Å². The number of nitrogens with one attached hydrogen (secondary N) is 1. The molecule has 1 heterocycles. The summed E-state index contributed by atoms with van der Waals surface area (Å²) in [6.45, 7) is 10.8. The Balaban J connectivity index is 1.39. The summed E-state index contributed by atoms with van der Waals surface area (Å²) in [4.78, 5) is 2.95. The van der Waals surface area contributed by atoms with Gasteiger partial charge in [0.2, 0.25) is 0 Å². The molecule has 120 valence electrons. The van der Waals surface area contributed by atoms with E-state index in [2.05, 4.69) is 31.0 Å². The van der Waals surface area contributed by atoms with Gasteiger partial charge in [-0.2, -0.15) is 0 Å². The van der Waals surface area contributed by atoms with Crippen molar-refractivity contribution in [1.82, 2.24) is 10.2 Å². The quantitative estimate of drug-likeness (QED) is 0.853. The summed E-state index contributed by atoms with van der Waals surface area (Å²) in [5.74, 6) is 4.14. The van der Waals surface area contributed by atoms with Crippen LogP contribution in [0.2, 0.25) is 0 Å². The highest BCUT2D eigenvalue weighted by molar-refractivity contribution is 5.08. The molecule has 1 N–H and O–H groups in total. The van der Waals surface area contributed by atoms with Crippen LogP contribution < -0.4 is 5.32 Å². The summed E-state index contributed by atoms with van der Waals surface area (Å²) in [6, 6.07) is 0. The van der Waals surface area contributed by atoms with Crippen LogP contribution in [0.3, 0.4) is 0 Å². The van der Waals surface area contributed by atoms with Crippen molar-refractivity contribution in [2.45, 2.75) is 76.8 Å². The molecule has 0 spiro atoms. The summed E-state index contributed by atoms with van der Waals surface area (Å²) >= 11 is 0. The second kappa shape index (κ2) is 4.96. The zero-order valence-electron chi connectivity index (χ0n) is 14.3. The molecule has 2 nitrogen and oxygen atoms in total. The second-order valence-corrected chi connectivity index (χ2v) is 9.87. The van der Waals surface area contributed by atoms with E-state index in [0.29, 0.717) is 5.54 Å². The van der Waals surface area contributed by atoms with E-state index in [1.807, 2.05) is 0 Å². The summed E-state index contributed by atoms with van der Waals surface area (Å²) < 4.78 is 0. The van der Waals surface area contributed by atoms with E-state index >= 15 is 0 Å². The molecule has 1 saturated heterocycles. The van der Waals surface area contributed by atoms with E-state index in [1.165, 1.54) is 26.1 Å². The Morgan fingerprint density at radius 3 is 2.10 bits per heavy atom. The third-order valence-electron chi connectivity index (χ3n) is 6.88. The molecule has 1 aliphatic heterocycles. The molecular formula is C19H34N2. The number of hydrogen-bond acceptors (Lipinski definition) is 2. The van der Waals surface area contributed by atoms with E-state index in [4.69, 9.17) is 0 Å². The number of rotatable bonds is 3. The molecule has 0 aromatic heterocycles. The zero-order valence-corrected chi connectivity index (χ0v) is 14.3. The average Bonchev–Trinajstić information content (AvgIpc) is 2.83. The van der Waals surface area contributed by atoms with Gasteiger partial charge in [0.1, 0.15) is 0 Å². The predicted molar refractivity (Wildman–Crippen MR) is 88.3 cm³/mol. The Kier molecular flexibility index (Phi) is 3.43. The Bertz CT molecular complexity index is 360. The zero-order chi connectivity index (χ0) is 14.7. The lowest BCUT2D eigenvalue weighted by molar-refractivity contribution is -0.0814. The predicted octanol–water partition coefficient (Wildman–Crippen LogP) is 3.67. The first-order valence-corrected chi connectivity index (χ1v) is 9.42. The van der Waals surface area contributed by atoms with E-state index in [0.717, 1.165) is 23.7 Å². The van der Waals surface area contributed by atoms with Gasteiger partial charge in [-0.3, -0.25) is 4.90 Å². The Labute approximate surface area is 131 Å². The first kappa shape index (κ1) is 14.5. The fourth-order valence-corrected chi connectivity index (χ4v) is 6.33. The highest BCUT2D eigenvalue weighted by Crippen LogP contribution is 2.58. The van der Waals surface area contributed by atoms with Crippen molar-refractivity contribution in [3.8, 4) is 0 Å². The molecule has 0 aromatic carbocycles. The Morgan fingerprint density at radius 2 is 1.57 bits per heavy atom. The van der Waals surface area contributed by atoms with Gasteiger partial charge in [-0.15, -0.1) is 0 Å². The van der Waals surface area contributed by atoms with Gasteiger partial charge in [0.25, 0.3) is 0 Å². The van der Waals surface area contributed by atoms with Gasteiger partial charge in [-0.05, 0) is 102 Å². The van der Waals surface area contributed by atoms with Crippen LogP contribution in [0.15, 0.2) is 0 Å². The minimum Gasteiger partial charge on any atom is -0.312 e. The number of nitrogens with zero attached hydrogens (tertiary/aromatic N) is 1. The maximum Gasteiger partial charge on any atom is 0.0217 e. The molecule has 0 radical (unpaired) electrons. The van der Waals surface area contributed by atoms with Crippen LogP contribution in [0.1, 0.15) is 65.7 Å². The van der Waals surface area contributed by atoms with Crippen molar-refractivity contribution in [3.63, 3.8) is 0 Å². The molecule has 5 fully saturated rings. The molecule has 1 atom stereocenters. The van der Waals surface area contributed by atoms with Gasteiger partial charge < -0.3 is 5.32 Å². The van der Waals surface area contributed by atoms with Crippen LogP contribution in [0.25, 0.3) is 0 Å². The minimum atomic E-state index is 0.272. The van der Waals surface area contributed by atoms with Crippen LogP contribution in [0, 0.1) is 23.7 Å². The lowest BCUT2D eigenvalue weighted by Gasteiger charge is -2.60. The first-order chi connectivity index (χ1) is 9.92.